The molecule has 0 aliphatic heterocycles. The van der Waals surface area contributed by atoms with Crippen molar-refractivity contribution in [1.29, 1.82) is 0 Å². The smallest absolute Gasteiger partial charge is 0.338 e. The molecule has 4 fully saturated rings. The molecule has 8 N–H and O–H groups in total. The number of esters is 1. The number of hydrogen-bond acceptors (Lipinski definition) is 6. The Balaban J connectivity index is 0.000000455. The van der Waals surface area contributed by atoms with E-state index >= 15 is 0 Å². The summed E-state index contributed by atoms with van der Waals surface area (Å²) in [7, 11) is 0. The highest BCUT2D eigenvalue weighted by molar-refractivity contribution is 5.91. The standard InChI is InChI=1S/C34H54N2O2.C6H8N2/c1-21(2)7-6-8-22(3)29-11-12-30-28-10-9-24-19-27(38-32(37)23-17-25(35)20-26(36)18-23)13-15-33(24,4)31(28)14-16-34(29,30)5;7-5-1-2-6(8)4-3-5/h17-18,20-22,24,27-31H,6-16,19,35-36H2,1-5H3;1-4H,7-8H2. The average Bonchev–Trinajstić information content (AvgIpc) is 3.36. The molecule has 4 aliphatic rings. The Morgan fingerprint density at radius 1 is 0.761 bits per heavy atom. The van der Waals surface area contributed by atoms with Crippen LogP contribution < -0.4 is 22.9 Å². The first kappa shape index (κ1) is 34.4. The predicted octanol–water partition coefficient (Wildman–Crippen LogP) is 9.35. The van der Waals surface area contributed by atoms with E-state index in [1.165, 1.54) is 64.2 Å². The molecule has 0 saturated heterocycles. The second kappa shape index (κ2) is 14.1. The molecule has 0 amide bonds. The minimum absolute atomic E-state index is 0.0104. The summed E-state index contributed by atoms with van der Waals surface area (Å²) in [5.74, 6) is 5.67. The summed E-state index contributed by atoms with van der Waals surface area (Å²) < 4.78 is 6.04. The third-order valence-corrected chi connectivity index (χ3v) is 13.2. The minimum Gasteiger partial charge on any atom is -0.459 e. The van der Waals surface area contributed by atoms with Gasteiger partial charge in [-0.1, -0.05) is 53.9 Å². The number of ether oxygens (including phenoxy) is 1. The number of nitrogens with two attached hydrogens (primary N) is 4. The Bertz CT molecular complexity index is 1290. The Morgan fingerprint density at radius 3 is 2.00 bits per heavy atom. The van der Waals surface area contributed by atoms with Crippen LogP contribution in [0.5, 0.6) is 0 Å². The monoisotopic (exact) mass is 630 g/mol. The lowest BCUT2D eigenvalue weighted by molar-refractivity contribution is -0.130. The van der Waals surface area contributed by atoms with Gasteiger partial charge in [0.25, 0.3) is 0 Å². The lowest BCUT2D eigenvalue weighted by atomic mass is 9.44. The van der Waals surface area contributed by atoms with Crippen molar-refractivity contribution in [1.82, 2.24) is 0 Å². The molecule has 2 aromatic carbocycles. The highest BCUT2D eigenvalue weighted by atomic mass is 16.5. The van der Waals surface area contributed by atoms with E-state index < -0.39 is 0 Å². The molecule has 46 heavy (non-hydrogen) atoms. The zero-order chi connectivity index (χ0) is 33.2. The third-order valence-electron chi connectivity index (χ3n) is 13.2. The molecule has 6 rings (SSSR count). The molecular weight excluding hydrogens is 568 g/mol. The summed E-state index contributed by atoms with van der Waals surface area (Å²) in [6.07, 6.45) is 15.8. The fraction of sp³-hybridized carbons (Fsp3) is 0.675. The maximum absolute atomic E-state index is 12.9. The summed E-state index contributed by atoms with van der Waals surface area (Å²) in [5, 5.41) is 0. The van der Waals surface area contributed by atoms with Gasteiger partial charge in [-0.05, 0) is 153 Å². The molecule has 0 spiro atoms. The molecule has 0 aromatic heterocycles. The molecule has 4 aliphatic carbocycles. The van der Waals surface area contributed by atoms with Gasteiger partial charge in [0.1, 0.15) is 6.10 Å². The number of hydrogen-bond donors (Lipinski definition) is 4. The van der Waals surface area contributed by atoms with Gasteiger partial charge in [-0.2, -0.15) is 0 Å². The topological polar surface area (TPSA) is 130 Å². The van der Waals surface area contributed by atoms with Gasteiger partial charge >= 0.3 is 5.97 Å². The zero-order valence-electron chi connectivity index (χ0n) is 29.3. The van der Waals surface area contributed by atoms with E-state index in [1.54, 1.807) is 42.5 Å². The van der Waals surface area contributed by atoms with Crippen molar-refractivity contribution < 1.29 is 9.53 Å². The molecule has 254 valence electrons. The lowest BCUT2D eigenvalue weighted by Gasteiger charge is -2.61. The molecular formula is C40H62N4O2. The van der Waals surface area contributed by atoms with Gasteiger partial charge in [0.05, 0.1) is 5.56 Å². The molecule has 0 bridgehead atoms. The van der Waals surface area contributed by atoms with Crippen molar-refractivity contribution in [3.63, 3.8) is 0 Å². The van der Waals surface area contributed by atoms with Crippen LogP contribution in [0, 0.1) is 52.3 Å². The molecule has 6 heteroatoms. The number of rotatable bonds is 7. The second-order valence-electron chi connectivity index (χ2n) is 16.5. The van der Waals surface area contributed by atoms with E-state index in [2.05, 4.69) is 34.6 Å². The largest absolute Gasteiger partial charge is 0.459 e. The SMILES string of the molecule is CC(C)CCCC(C)C1CCC2C3CCC4CC(OC(=O)c5cc(N)cc(N)c5)CCC4(C)C3CCC12C.Nc1ccc(N)cc1. The van der Waals surface area contributed by atoms with Crippen LogP contribution in [-0.2, 0) is 4.74 Å². The molecule has 4 saturated carbocycles. The fourth-order valence-corrected chi connectivity index (χ4v) is 10.9. The Kier molecular flexibility index (Phi) is 10.5. The molecule has 6 nitrogen and oxygen atoms in total. The van der Waals surface area contributed by atoms with E-state index in [0.29, 0.717) is 33.7 Å². The molecule has 9 atom stereocenters. The summed E-state index contributed by atoms with van der Waals surface area (Å²) in [5.41, 5.74) is 26.5. The number of nitrogen functional groups attached to an aromatic ring is 4. The zero-order valence-corrected chi connectivity index (χ0v) is 29.3. The Labute approximate surface area is 278 Å². The quantitative estimate of drug-likeness (QED) is 0.178. The third kappa shape index (κ3) is 7.31. The van der Waals surface area contributed by atoms with Crippen molar-refractivity contribution in [2.24, 2.45) is 52.3 Å². The maximum Gasteiger partial charge on any atom is 0.338 e. The molecule has 9 unspecified atom stereocenters. The van der Waals surface area contributed by atoms with Crippen molar-refractivity contribution >= 4 is 28.7 Å². The first-order valence-electron chi connectivity index (χ1n) is 18.3. The molecule has 2 aromatic rings. The molecule has 0 heterocycles. The van der Waals surface area contributed by atoms with Crippen LogP contribution in [-0.4, -0.2) is 12.1 Å². The lowest BCUT2D eigenvalue weighted by Crippen LogP contribution is -2.54. The Hall–Kier alpha value is -2.89. The van der Waals surface area contributed by atoms with Crippen molar-refractivity contribution in [2.45, 2.75) is 118 Å². The van der Waals surface area contributed by atoms with Crippen molar-refractivity contribution in [3.05, 3.63) is 48.0 Å². The Morgan fingerprint density at radius 2 is 1.37 bits per heavy atom. The maximum atomic E-state index is 12.9. The molecule has 0 radical (unpaired) electrons. The van der Waals surface area contributed by atoms with Gasteiger partial charge in [0, 0.05) is 22.7 Å². The van der Waals surface area contributed by atoms with Gasteiger partial charge in [0.2, 0.25) is 0 Å². The van der Waals surface area contributed by atoms with Crippen LogP contribution >= 0.6 is 0 Å². The van der Waals surface area contributed by atoms with E-state index in [0.717, 1.165) is 59.7 Å². The minimum atomic E-state index is -0.278. The normalized spacial score (nSPS) is 34.0. The van der Waals surface area contributed by atoms with Crippen LogP contribution in [0.2, 0.25) is 0 Å². The van der Waals surface area contributed by atoms with E-state index in [1.807, 2.05) is 0 Å². The van der Waals surface area contributed by atoms with Crippen LogP contribution in [0.15, 0.2) is 42.5 Å². The summed E-state index contributed by atoms with van der Waals surface area (Å²) >= 11 is 0. The van der Waals surface area contributed by atoms with Gasteiger partial charge in [-0.15, -0.1) is 0 Å². The van der Waals surface area contributed by atoms with Crippen LogP contribution in [0.1, 0.15) is 122 Å². The van der Waals surface area contributed by atoms with E-state index in [9.17, 15) is 4.79 Å². The van der Waals surface area contributed by atoms with Crippen LogP contribution in [0.25, 0.3) is 0 Å². The first-order valence-corrected chi connectivity index (χ1v) is 18.3. The highest BCUT2D eigenvalue weighted by Crippen LogP contribution is 2.68. The number of anilines is 4. The first-order chi connectivity index (χ1) is 21.8. The summed E-state index contributed by atoms with van der Waals surface area (Å²) in [4.78, 5) is 12.9. The van der Waals surface area contributed by atoms with Gasteiger partial charge in [0.15, 0.2) is 0 Å². The number of fused-ring (bicyclic) bond motifs is 5. The second-order valence-corrected chi connectivity index (χ2v) is 16.5. The summed E-state index contributed by atoms with van der Waals surface area (Å²) in [6.45, 7) is 12.6. The average molecular weight is 631 g/mol. The van der Waals surface area contributed by atoms with Crippen molar-refractivity contribution in [2.75, 3.05) is 22.9 Å². The van der Waals surface area contributed by atoms with Gasteiger partial charge in [-0.3, -0.25) is 0 Å². The van der Waals surface area contributed by atoms with Gasteiger partial charge < -0.3 is 27.7 Å². The van der Waals surface area contributed by atoms with Crippen LogP contribution in [0.3, 0.4) is 0 Å². The highest BCUT2D eigenvalue weighted by Gasteiger charge is 2.60. The number of benzene rings is 2. The summed E-state index contributed by atoms with van der Waals surface area (Å²) in [6, 6.07) is 12.1. The predicted molar refractivity (Wildman–Crippen MR) is 193 cm³/mol. The van der Waals surface area contributed by atoms with Crippen molar-refractivity contribution in [3.8, 4) is 0 Å². The number of carbonyl (C=O) groups is 1. The van der Waals surface area contributed by atoms with E-state index in [4.69, 9.17) is 27.7 Å². The number of carbonyl (C=O) groups excluding carboxylic acids is 1. The van der Waals surface area contributed by atoms with Crippen LogP contribution in [0.4, 0.5) is 22.7 Å². The van der Waals surface area contributed by atoms with E-state index in [-0.39, 0.29) is 12.1 Å². The fourth-order valence-electron chi connectivity index (χ4n) is 10.9. The van der Waals surface area contributed by atoms with Gasteiger partial charge in [-0.25, -0.2) is 4.79 Å².